The molecule has 0 bridgehead atoms. The van der Waals surface area contributed by atoms with E-state index in [1.54, 1.807) is 30.3 Å². The molecule has 100 valence electrons. The summed E-state index contributed by atoms with van der Waals surface area (Å²) < 4.78 is 13.9. The first-order chi connectivity index (χ1) is 9.56. The number of aromatic nitrogens is 2. The normalized spacial score (nSPS) is 11.0. The third-order valence-corrected chi connectivity index (χ3v) is 3.59. The maximum absolute atomic E-state index is 13.9. The largest absolute Gasteiger partial charge is 0.226 e. The van der Waals surface area contributed by atoms with E-state index in [9.17, 15) is 4.39 Å². The fourth-order valence-corrected chi connectivity index (χ4v) is 2.46. The molecule has 3 rings (SSSR count). The Morgan fingerprint density at radius 1 is 1.05 bits per heavy atom. The number of hydrogen-bond donors (Lipinski definition) is 0. The van der Waals surface area contributed by atoms with E-state index in [1.165, 1.54) is 6.07 Å². The van der Waals surface area contributed by atoms with Gasteiger partial charge in [-0.05, 0) is 31.2 Å². The van der Waals surface area contributed by atoms with Gasteiger partial charge in [-0.15, -0.1) is 0 Å². The van der Waals surface area contributed by atoms with Crippen LogP contribution in [0.3, 0.4) is 0 Å². The van der Waals surface area contributed by atoms with Crippen molar-refractivity contribution >= 4 is 34.1 Å². The zero-order chi connectivity index (χ0) is 14.3. The van der Waals surface area contributed by atoms with Crippen LogP contribution in [-0.2, 0) is 0 Å². The Kier molecular flexibility index (Phi) is 3.32. The molecule has 1 heterocycles. The average molecular weight is 307 g/mol. The van der Waals surface area contributed by atoms with Gasteiger partial charge >= 0.3 is 0 Å². The van der Waals surface area contributed by atoms with Gasteiger partial charge < -0.3 is 0 Å². The Morgan fingerprint density at radius 3 is 2.65 bits per heavy atom. The topological polar surface area (TPSA) is 25.8 Å². The Bertz CT molecular complexity index is 818. The maximum Gasteiger partial charge on any atom is 0.164 e. The van der Waals surface area contributed by atoms with Crippen molar-refractivity contribution in [3.8, 4) is 11.4 Å². The number of hydrogen-bond acceptors (Lipinski definition) is 2. The fraction of sp³-hybridized carbons (Fsp3) is 0.0667. The summed E-state index contributed by atoms with van der Waals surface area (Å²) in [5.41, 5.74) is 1.75. The summed E-state index contributed by atoms with van der Waals surface area (Å²) in [6.45, 7) is 1.87. The van der Waals surface area contributed by atoms with Crippen LogP contribution in [0.15, 0.2) is 36.4 Å². The molecule has 0 spiro atoms. The highest BCUT2D eigenvalue weighted by Gasteiger charge is 2.13. The van der Waals surface area contributed by atoms with Crippen molar-refractivity contribution in [2.24, 2.45) is 0 Å². The van der Waals surface area contributed by atoms with E-state index in [2.05, 4.69) is 9.97 Å². The third-order valence-electron chi connectivity index (χ3n) is 2.99. The maximum atomic E-state index is 13.9. The molecule has 0 saturated heterocycles. The van der Waals surface area contributed by atoms with Crippen LogP contribution in [0, 0.1) is 12.7 Å². The minimum atomic E-state index is -0.391. The number of nitrogens with zero attached hydrogens (tertiary/aromatic N) is 2. The van der Waals surface area contributed by atoms with E-state index in [4.69, 9.17) is 23.2 Å². The molecular weight excluding hydrogens is 298 g/mol. The van der Waals surface area contributed by atoms with Crippen LogP contribution in [0.4, 0.5) is 4.39 Å². The molecule has 2 aromatic carbocycles. The highest BCUT2D eigenvalue weighted by Crippen LogP contribution is 2.30. The van der Waals surface area contributed by atoms with E-state index < -0.39 is 5.82 Å². The lowest BCUT2D eigenvalue weighted by atomic mass is 10.1. The zero-order valence-electron chi connectivity index (χ0n) is 10.5. The van der Waals surface area contributed by atoms with Crippen molar-refractivity contribution in [1.29, 1.82) is 0 Å². The van der Waals surface area contributed by atoms with Gasteiger partial charge in [0.05, 0.1) is 16.1 Å². The number of halogens is 3. The molecule has 0 aliphatic carbocycles. The molecule has 5 heteroatoms. The molecule has 0 aliphatic rings. The minimum Gasteiger partial charge on any atom is -0.226 e. The van der Waals surface area contributed by atoms with Crippen molar-refractivity contribution in [2.75, 3.05) is 0 Å². The molecule has 3 aromatic rings. The lowest BCUT2D eigenvalue weighted by Crippen LogP contribution is -1.95. The quantitative estimate of drug-likeness (QED) is 0.588. The highest BCUT2D eigenvalue weighted by molar-refractivity contribution is 6.38. The summed E-state index contributed by atoms with van der Waals surface area (Å²) in [6.07, 6.45) is 0. The van der Waals surface area contributed by atoms with Crippen LogP contribution in [0.2, 0.25) is 10.2 Å². The number of fused-ring (bicyclic) bond motifs is 1. The summed E-state index contributed by atoms with van der Waals surface area (Å²) in [6, 6.07) is 10.0. The van der Waals surface area contributed by atoms with Gasteiger partial charge in [0.2, 0.25) is 0 Å². The second-order valence-corrected chi connectivity index (χ2v) is 5.22. The van der Waals surface area contributed by atoms with Gasteiger partial charge in [0.25, 0.3) is 0 Å². The summed E-state index contributed by atoms with van der Waals surface area (Å²) in [5.74, 6) is -0.158. The van der Waals surface area contributed by atoms with Crippen molar-refractivity contribution < 1.29 is 4.39 Å². The number of para-hydroxylation sites is 1. The molecule has 0 N–H and O–H groups in total. The van der Waals surface area contributed by atoms with Gasteiger partial charge in [-0.3, -0.25) is 0 Å². The average Bonchev–Trinajstić information content (AvgIpc) is 2.42. The molecule has 0 saturated carbocycles. The molecule has 0 unspecified atom stereocenters. The molecule has 0 fully saturated rings. The lowest BCUT2D eigenvalue weighted by molar-refractivity contribution is 0.629. The Morgan fingerprint density at radius 2 is 1.85 bits per heavy atom. The molecule has 20 heavy (non-hydrogen) atoms. The SMILES string of the molecule is Cc1ccc(F)c(-c2nc(Cl)c3cccc(Cl)c3n2)c1. The van der Waals surface area contributed by atoms with E-state index >= 15 is 0 Å². The molecule has 0 atom stereocenters. The van der Waals surface area contributed by atoms with Crippen molar-refractivity contribution in [3.05, 3.63) is 58.0 Å². The first-order valence-corrected chi connectivity index (χ1v) is 6.70. The minimum absolute atomic E-state index is 0.233. The summed E-state index contributed by atoms with van der Waals surface area (Å²) in [4.78, 5) is 8.51. The molecular formula is C15H9Cl2FN2. The molecule has 1 aromatic heterocycles. The number of benzene rings is 2. The van der Waals surface area contributed by atoms with E-state index in [0.29, 0.717) is 21.5 Å². The van der Waals surface area contributed by atoms with Crippen LogP contribution in [0.5, 0.6) is 0 Å². The summed E-state index contributed by atoms with van der Waals surface area (Å²) >= 11 is 12.3. The Hall–Kier alpha value is -1.71. The van der Waals surface area contributed by atoms with Gasteiger partial charge in [-0.1, -0.05) is 40.9 Å². The van der Waals surface area contributed by atoms with Crippen LogP contribution in [0.25, 0.3) is 22.3 Å². The van der Waals surface area contributed by atoms with Crippen LogP contribution in [-0.4, -0.2) is 9.97 Å². The lowest BCUT2D eigenvalue weighted by Gasteiger charge is -2.07. The predicted octanol–water partition coefficient (Wildman–Crippen LogP) is 5.05. The number of rotatable bonds is 1. The summed E-state index contributed by atoms with van der Waals surface area (Å²) in [7, 11) is 0. The van der Waals surface area contributed by atoms with Gasteiger partial charge in [0, 0.05) is 5.39 Å². The second kappa shape index (κ2) is 5.00. The monoisotopic (exact) mass is 306 g/mol. The summed E-state index contributed by atoms with van der Waals surface area (Å²) in [5, 5.41) is 1.37. The predicted molar refractivity (Wildman–Crippen MR) is 79.7 cm³/mol. The van der Waals surface area contributed by atoms with Gasteiger partial charge in [-0.2, -0.15) is 0 Å². The van der Waals surface area contributed by atoms with Crippen LogP contribution < -0.4 is 0 Å². The third kappa shape index (κ3) is 2.23. The van der Waals surface area contributed by atoms with Crippen molar-refractivity contribution in [2.45, 2.75) is 6.92 Å². The fourth-order valence-electron chi connectivity index (χ4n) is 2.01. The van der Waals surface area contributed by atoms with E-state index in [0.717, 1.165) is 5.56 Å². The Labute approximate surface area is 125 Å². The standard InChI is InChI=1S/C15H9Cl2FN2/c1-8-5-6-12(18)10(7-8)15-19-13-9(14(17)20-15)3-2-4-11(13)16/h2-7H,1H3. The molecule has 2 nitrogen and oxygen atoms in total. The van der Waals surface area contributed by atoms with Crippen molar-refractivity contribution in [1.82, 2.24) is 9.97 Å². The number of aryl methyl sites for hydroxylation is 1. The van der Waals surface area contributed by atoms with Crippen LogP contribution in [0.1, 0.15) is 5.56 Å². The zero-order valence-corrected chi connectivity index (χ0v) is 12.0. The van der Waals surface area contributed by atoms with Gasteiger partial charge in [0.15, 0.2) is 5.82 Å². The first kappa shape index (κ1) is 13.3. The highest BCUT2D eigenvalue weighted by atomic mass is 35.5. The Balaban J connectivity index is 2.32. The molecule has 0 amide bonds. The van der Waals surface area contributed by atoms with E-state index in [1.807, 2.05) is 6.92 Å². The van der Waals surface area contributed by atoms with Crippen LogP contribution >= 0.6 is 23.2 Å². The first-order valence-electron chi connectivity index (χ1n) is 5.94. The second-order valence-electron chi connectivity index (χ2n) is 4.46. The van der Waals surface area contributed by atoms with Crippen molar-refractivity contribution in [3.63, 3.8) is 0 Å². The molecule has 0 aliphatic heterocycles. The van der Waals surface area contributed by atoms with Gasteiger partial charge in [0.1, 0.15) is 11.0 Å². The molecule has 0 radical (unpaired) electrons. The smallest absolute Gasteiger partial charge is 0.164 e. The van der Waals surface area contributed by atoms with E-state index in [-0.39, 0.29) is 11.0 Å². The van der Waals surface area contributed by atoms with Gasteiger partial charge in [-0.25, -0.2) is 14.4 Å².